The summed E-state index contributed by atoms with van der Waals surface area (Å²) in [5, 5.41) is 0. The Morgan fingerprint density at radius 3 is 2.14 bits per heavy atom. The zero-order valence-corrected chi connectivity index (χ0v) is 11.8. The minimum atomic E-state index is -3.88. The van der Waals surface area contributed by atoms with Gasteiger partial charge in [-0.05, 0) is 48.9 Å². The van der Waals surface area contributed by atoms with Crippen LogP contribution in [-0.4, -0.2) is 8.42 Å². The van der Waals surface area contributed by atoms with Crippen molar-refractivity contribution in [2.45, 2.75) is 17.9 Å². The van der Waals surface area contributed by atoms with Crippen LogP contribution < -0.4 is 4.72 Å². The van der Waals surface area contributed by atoms with E-state index in [0.29, 0.717) is 0 Å². The van der Waals surface area contributed by atoms with Crippen LogP contribution in [0.3, 0.4) is 0 Å². The van der Waals surface area contributed by atoms with Crippen molar-refractivity contribution < 1.29 is 21.6 Å². The first kappa shape index (κ1) is 15.5. The highest BCUT2D eigenvalue weighted by molar-refractivity contribution is 7.89. The molecule has 0 aromatic heterocycles. The summed E-state index contributed by atoms with van der Waals surface area (Å²) in [6.07, 6.45) is 0. The van der Waals surface area contributed by atoms with Gasteiger partial charge in [0.25, 0.3) is 0 Å². The van der Waals surface area contributed by atoms with Crippen LogP contribution in [0.5, 0.6) is 0 Å². The highest BCUT2D eigenvalue weighted by Crippen LogP contribution is 2.19. The molecule has 0 aliphatic carbocycles. The van der Waals surface area contributed by atoms with Gasteiger partial charge in [0.1, 0.15) is 5.82 Å². The third kappa shape index (κ3) is 3.62. The quantitative estimate of drug-likeness (QED) is 0.942. The van der Waals surface area contributed by atoms with Crippen molar-refractivity contribution in [3.63, 3.8) is 0 Å². The fraction of sp³-hybridized carbons (Fsp3) is 0.143. The fourth-order valence-electron chi connectivity index (χ4n) is 1.76. The Morgan fingerprint density at radius 2 is 1.57 bits per heavy atom. The molecule has 3 nitrogen and oxygen atoms in total. The van der Waals surface area contributed by atoms with Crippen LogP contribution >= 0.6 is 0 Å². The summed E-state index contributed by atoms with van der Waals surface area (Å²) in [5.41, 5.74) is 0.277. The predicted octanol–water partition coefficient (Wildman–Crippen LogP) is 3.14. The van der Waals surface area contributed by atoms with E-state index in [1.807, 2.05) is 0 Å². The normalized spacial score (nSPS) is 13.1. The van der Waals surface area contributed by atoms with E-state index in [1.54, 1.807) is 0 Å². The Hall–Kier alpha value is -1.86. The molecule has 1 N–H and O–H groups in total. The molecule has 0 radical (unpaired) electrons. The summed E-state index contributed by atoms with van der Waals surface area (Å²) < 4.78 is 65.3. The van der Waals surface area contributed by atoms with Crippen LogP contribution in [0.15, 0.2) is 47.4 Å². The number of benzene rings is 2. The van der Waals surface area contributed by atoms with Crippen LogP contribution in [0.1, 0.15) is 18.5 Å². The number of sulfonamides is 1. The lowest BCUT2D eigenvalue weighted by molar-refractivity contribution is 0.504. The molecule has 0 amide bonds. The molecule has 7 heteroatoms. The maximum atomic E-state index is 13.1. The van der Waals surface area contributed by atoms with E-state index < -0.39 is 33.5 Å². The molecular formula is C14H12F3NO2S. The Morgan fingerprint density at radius 1 is 0.952 bits per heavy atom. The smallest absolute Gasteiger partial charge is 0.207 e. The highest BCUT2D eigenvalue weighted by atomic mass is 32.2. The van der Waals surface area contributed by atoms with E-state index in [2.05, 4.69) is 4.72 Å². The molecule has 0 unspecified atom stereocenters. The molecule has 0 saturated carbocycles. The van der Waals surface area contributed by atoms with Gasteiger partial charge in [-0.15, -0.1) is 0 Å². The Kier molecular flexibility index (Phi) is 4.34. The largest absolute Gasteiger partial charge is 0.241 e. The minimum Gasteiger partial charge on any atom is -0.207 e. The minimum absolute atomic E-state index is 0.113. The van der Waals surface area contributed by atoms with Crippen molar-refractivity contribution in [1.82, 2.24) is 4.72 Å². The Bertz CT molecular complexity index is 745. The average Bonchev–Trinajstić information content (AvgIpc) is 2.41. The van der Waals surface area contributed by atoms with Crippen molar-refractivity contribution in [1.29, 1.82) is 0 Å². The Labute approximate surface area is 120 Å². The van der Waals surface area contributed by atoms with Crippen LogP contribution in [0.2, 0.25) is 0 Å². The molecule has 0 aliphatic heterocycles. The number of halogens is 3. The standard InChI is InChI=1S/C14H12F3NO2S/c1-9(10-2-7-13(16)14(17)8-10)18-21(19,20)12-5-3-11(15)4-6-12/h2-9,18H,1H3/t9-/m1/s1. The first-order valence-electron chi connectivity index (χ1n) is 6.02. The van der Waals surface area contributed by atoms with Gasteiger partial charge in [-0.2, -0.15) is 0 Å². The highest BCUT2D eigenvalue weighted by Gasteiger charge is 2.19. The summed E-state index contributed by atoms with van der Waals surface area (Å²) in [4.78, 5) is -0.113. The summed E-state index contributed by atoms with van der Waals surface area (Å²) in [6.45, 7) is 1.49. The molecule has 2 aromatic carbocycles. The van der Waals surface area contributed by atoms with E-state index in [1.165, 1.54) is 13.0 Å². The van der Waals surface area contributed by atoms with Gasteiger partial charge in [-0.25, -0.2) is 26.3 Å². The molecule has 0 heterocycles. The molecule has 112 valence electrons. The van der Waals surface area contributed by atoms with Gasteiger partial charge in [-0.1, -0.05) is 6.07 Å². The molecule has 21 heavy (non-hydrogen) atoms. The maximum absolute atomic E-state index is 13.1. The lowest BCUT2D eigenvalue weighted by atomic mass is 10.1. The van der Waals surface area contributed by atoms with Crippen molar-refractivity contribution in [3.05, 3.63) is 65.5 Å². The molecule has 2 rings (SSSR count). The summed E-state index contributed by atoms with van der Waals surface area (Å²) >= 11 is 0. The summed E-state index contributed by atoms with van der Waals surface area (Å²) in [7, 11) is -3.88. The number of rotatable bonds is 4. The third-order valence-corrected chi connectivity index (χ3v) is 4.46. The van der Waals surface area contributed by atoms with E-state index in [9.17, 15) is 21.6 Å². The molecule has 0 saturated heterocycles. The van der Waals surface area contributed by atoms with Crippen LogP contribution in [0.4, 0.5) is 13.2 Å². The van der Waals surface area contributed by atoms with Crippen molar-refractivity contribution in [2.75, 3.05) is 0 Å². The van der Waals surface area contributed by atoms with E-state index >= 15 is 0 Å². The van der Waals surface area contributed by atoms with E-state index in [-0.39, 0.29) is 10.5 Å². The van der Waals surface area contributed by atoms with Crippen LogP contribution in [0, 0.1) is 17.5 Å². The zero-order chi connectivity index (χ0) is 15.6. The van der Waals surface area contributed by atoms with Gasteiger partial charge in [0.15, 0.2) is 11.6 Å². The first-order valence-corrected chi connectivity index (χ1v) is 7.51. The molecule has 1 atom stereocenters. The predicted molar refractivity (Wildman–Crippen MR) is 71.5 cm³/mol. The molecule has 0 aliphatic rings. The first-order chi connectivity index (χ1) is 9.79. The molecule has 2 aromatic rings. The SMILES string of the molecule is C[C@@H](NS(=O)(=O)c1ccc(F)cc1)c1ccc(F)c(F)c1. The number of nitrogens with one attached hydrogen (secondary N) is 1. The summed E-state index contributed by atoms with van der Waals surface area (Å²) in [5.74, 6) is -2.62. The van der Waals surface area contributed by atoms with Gasteiger partial charge in [0.05, 0.1) is 4.90 Å². The second-order valence-electron chi connectivity index (χ2n) is 4.47. The third-order valence-electron chi connectivity index (χ3n) is 2.90. The van der Waals surface area contributed by atoms with Gasteiger partial charge in [0.2, 0.25) is 10.0 Å². The van der Waals surface area contributed by atoms with E-state index in [0.717, 1.165) is 36.4 Å². The second kappa shape index (κ2) is 5.87. The van der Waals surface area contributed by atoms with E-state index in [4.69, 9.17) is 0 Å². The zero-order valence-electron chi connectivity index (χ0n) is 11.0. The lowest BCUT2D eigenvalue weighted by Gasteiger charge is -2.15. The lowest BCUT2D eigenvalue weighted by Crippen LogP contribution is -2.27. The van der Waals surface area contributed by atoms with Gasteiger partial charge in [-0.3, -0.25) is 0 Å². The van der Waals surface area contributed by atoms with Gasteiger partial charge < -0.3 is 0 Å². The Balaban J connectivity index is 2.23. The average molecular weight is 315 g/mol. The number of hydrogen-bond acceptors (Lipinski definition) is 2. The second-order valence-corrected chi connectivity index (χ2v) is 6.18. The van der Waals surface area contributed by atoms with Crippen molar-refractivity contribution >= 4 is 10.0 Å². The van der Waals surface area contributed by atoms with Gasteiger partial charge in [0, 0.05) is 6.04 Å². The molecular weight excluding hydrogens is 303 g/mol. The topological polar surface area (TPSA) is 46.2 Å². The maximum Gasteiger partial charge on any atom is 0.241 e. The van der Waals surface area contributed by atoms with Gasteiger partial charge >= 0.3 is 0 Å². The fourth-order valence-corrected chi connectivity index (χ4v) is 3.00. The van der Waals surface area contributed by atoms with Crippen LogP contribution in [-0.2, 0) is 10.0 Å². The van der Waals surface area contributed by atoms with Crippen molar-refractivity contribution in [3.8, 4) is 0 Å². The molecule has 0 fully saturated rings. The molecule has 0 bridgehead atoms. The van der Waals surface area contributed by atoms with Crippen LogP contribution in [0.25, 0.3) is 0 Å². The molecule has 0 spiro atoms. The summed E-state index contributed by atoms with van der Waals surface area (Å²) in [6, 6.07) is 6.66. The van der Waals surface area contributed by atoms with Crippen molar-refractivity contribution in [2.24, 2.45) is 0 Å². The number of hydrogen-bond donors (Lipinski definition) is 1. The monoisotopic (exact) mass is 315 g/mol.